The lowest BCUT2D eigenvalue weighted by molar-refractivity contribution is -0.0477. The predicted molar refractivity (Wildman–Crippen MR) is 186 cm³/mol. The molecule has 2 aliphatic rings. The summed E-state index contributed by atoms with van der Waals surface area (Å²) >= 11 is 0. The number of H-pyrrole nitrogens is 1. The number of phosphoric ester groups is 1. The third-order valence-corrected chi connectivity index (χ3v) is 11.0. The first kappa shape index (κ1) is 39.2. The Labute approximate surface area is 314 Å². The summed E-state index contributed by atoms with van der Waals surface area (Å²) in [5, 5.41) is 12.8. The van der Waals surface area contributed by atoms with E-state index in [4.69, 9.17) is 29.4 Å². The number of aromatic amines is 1. The molecule has 21 nitrogen and oxygen atoms in total. The van der Waals surface area contributed by atoms with E-state index in [1.165, 1.54) is 21.8 Å². The highest BCUT2D eigenvalue weighted by Gasteiger charge is 2.54. The van der Waals surface area contributed by atoms with E-state index in [1.54, 1.807) is 30.3 Å². The number of amides is 1. The van der Waals surface area contributed by atoms with Crippen molar-refractivity contribution in [3.63, 3.8) is 0 Å². The average molecular weight is 820 g/mol. The number of ether oxygens (including phenoxy) is 1. The van der Waals surface area contributed by atoms with E-state index in [0.717, 1.165) is 12.7 Å². The highest BCUT2D eigenvalue weighted by molar-refractivity contribution is 7.48. The fraction of sp³-hybridized carbons (Fsp3) is 0.419. The molecule has 0 spiro atoms. The number of aromatic nitrogens is 8. The Balaban J connectivity index is 1.10. The number of aliphatic hydroxyl groups excluding tert-OH is 1. The number of halogens is 2. The van der Waals surface area contributed by atoms with Crippen molar-refractivity contribution in [3.8, 4) is 0 Å². The molecule has 2 unspecified atom stereocenters. The molecule has 4 aromatic heterocycles. The molecule has 4 N–H and O–H groups in total. The van der Waals surface area contributed by atoms with Gasteiger partial charge in [-0.2, -0.15) is 0 Å². The van der Waals surface area contributed by atoms with Crippen LogP contribution in [0.5, 0.6) is 0 Å². The second kappa shape index (κ2) is 16.6. The van der Waals surface area contributed by atoms with Crippen LogP contribution in [0.2, 0.25) is 0 Å². The molecule has 5 aromatic rings. The Morgan fingerprint density at radius 1 is 1.07 bits per heavy atom. The van der Waals surface area contributed by atoms with Crippen LogP contribution < -0.4 is 10.9 Å². The molecule has 1 aliphatic carbocycles. The monoisotopic (exact) mass is 819 g/mol. The summed E-state index contributed by atoms with van der Waals surface area (Å²) < 4.78 is 88.0. The molecule has 1 aliphatic heterocycles. The van der Waals surface area contributed by atoms with Gasteiger partial charge in [-0.05, 0) is 18.6 Å². The highest BCUT2D eigenvalue weighted by Crippen LogP contribution is 2.55. The van der Waals surface area contributed by atoms with Crippen molar-refractivity contribution in [3.05, 3.63) is 83.0 Å². The maximum atomic E-state index is 16.4. The van der Waals surface area contributed by atoms with E-state index in [9.17, 15) is 28.7 Å². The third kappa shape index (κ3) is 7.84. The number of alkyl halides is 2. The maximum Gasteiger partial charge on any atom is 0.695 e. The van der Waals surface area contributed by atoms with Crippen LogP contribution >= 0.6 is 16.1 Å². The number of carbonyl (C=O) groups is 1. The minimum atomic E-state index is -4.91. The van der Waals surface area contributed by atoms with Gasteiger partial charge in [0.1, 0.15) is 31.3 Å². The first-order valence-electron chi connectivity index (χ1n) is 16.7. The quantitative estimate of drug-likeness (QED) is 0.0672. The molecule has 2 fully saturated rings. The van der Waals surface area contributed by atoms with E-state index < -0.39 is 96.2 Å². The van der Waals surface area contributed by atoms with Crippen LogP contribution in [-0.2, 0) is 32.0 Å². The normalized spacial score (nSPS) is 26.3. The second-order valence-corrected chi connectivity index (χ2v) is 14.8. The van der Waals surface area contributed by atoms with Gasteiger partial charge in [-0.1, -0.05) is 18.2 Å². The van der Waals surface area contributed by atoms with Crippen LogP contribution in [0.25, 0.3) is 27.2 Å². The Bertz CT molecular complexity index is 2380. The van der Waals surface area contributed by atoms with Gasteiger partial charge in [-0.25, -0.2) is 44.8 Å². The number of aliphatic hydroxyl groups is 1. The number of nitrogens with zero attached hydrogens (tertiary/aromatic N) is 8. The number of fused-ring (bicyclic) bond motifs is 2. The van der Waals surface area contributed by atoms with Gasteiger partial charge in [-0.15, -0.1) is 9.42 Å². The molecular formula is C31H31F2N10O11P2+. The van der Waals surface area contributed by atoms with Gasteiger partial charge < -0.3 is 29.6 Å². The largest absolute Gasteiger partial charge is 0.695 e. The van der Waals surface area contributed by atoms with Crippen molar-refractivity contribution in [1.82, 2.24) is 39.0 Å². The summed E-state index contributed by atoms with van der Waals surface area (Å²) in [6.07, 6.45) is -6.30. The number of phosphoric acid groups is 1. The van der Waals surface area contributed by atoms with Crippen LogP contribution in [-0.4, -0.2) is 112 Å². The fourth-order valence-corrected chi connectivity index (χ4v) is 8.44. The van der Waals surface area contributed by atoms with Crippen molar-refractivity contribution in [2.24, 2.45) is 5.92 Å². The molecule has 0 bridgehead atoms. The zero-order valence-electron chi connectivity index (χ0n) is 28.6. The van der Waals surface area contributed by atoms with Crippen LogP contribution in [0, 0.1) is 12.5 Å². The number of carbonyl (C=O) groups excluding carboxylic acids is 1. The highest BCUT2D eigenvalue weighted by atomic mass is 31.2. The predicted octanol–water partition coefficient (Wildman–Crippen LogP) is 2.82. The van der Waals surface area contributed by atoms with Gasteiger partial charge in [0.25, 0.3) is 11.5 Å². The first-order valence-corrected chi connectivity index (χ1v) is 19.3. The molecule has 1 saturated carbocycles. The van der Waals surface area contributed by atoms with E-state index in [0.29, 0.717) is 5.56 Å². The zero-order chi connectivity index (χ0) is 39.6. The molecule has 56 heavy (non-hydrogen) atoms. The summed E-state index contributed by atoms with van der Waals surface area (Å²) in [4.78, 5) is 60.6. The first-order chi connectivity index (χ1) is 27.0. The summed E-state index contributed by atoms with van der Waals surface area (Å²) in [7, 11) is -8.22. The number of benzene rings is 1. The van der Waals surface area contributed by atoms with Crippen LogP contribution in [0.3, 0.4) is 0 Å². The topological polar surface area (TPSA) is 261 Å². The minimum absolute atomic E-state index is 0.0126. The standard InChI is InChI=1S/C31H30F2N10O11P2/c1-34-7-8-50-56(49,51-11-17-9-18(24(20(17)32)53-55(47)48)42-14-40-23-28(42)37-13-38-30(23)46)54-25-19(10-44)52-31(21(25)33)43-15-39-22-26(35-12-36-27(22)43)41-29(45)16-5-3-2-4-6-16/h2-6,12-15,17-21,24-25,31,44H,7-11H2,(H2-,35,36,37,38,41,45,46,47,48)/p+1/t17-,18-,19-,20-,21-,24+,25-,31-,56?/m1/s1. The smallest absolute Gasteiger partial charge is 0.394 e. The maximum absolute atomic E-state index is 16.4. The molecule has 10 atom stereocenters. The van der Waals surface area contributed by atoms with Gasteiger partial charge in [0.15, 0.2) is 46.6 Å². The summed E-state index contributed by atoms with van der Waals surface area (Å²) in [5.74, 6) is -1.69. The number of anilines is 1. The summed E-state index contributed by atoms with van der Waals surface area (Å²) in [6, 6.07) is 7.23. The molecule has 1 aromatic carbocycles. The van der Waals surface area contributed by atoms with Crippen molar-refractivity contribution in [1.29, 1.82) is 0 Å². The van der Waals surface area contributed by atoms with Gasteiger partial charge in [-0.3, -0.25) is 27.7 Å². The third-order valence-electron chi connectivity index (χ3n) is 9.12. The van der Waals surface area contributed by atoms with Gasteiger partial charge in [0.05, 0.1) is 38.2 Å². The Kier molecular flexibility index (Phi) is 11.6. The van der Waals surface area contributed by atoms with Gasteiger partial charge >= 0.3 is 16.1 Å². The second-order valence-electron chi connectivity index (χ2n) is 12.5. The molecule has 1 saturated heterocycles. The van der Waals surface area contributed by atoms with Crippen LogP contribution in [0.15, 0.2) is 60.4 Å². The molecular weight excluding hydrogens is 788 g/mol. The molecule has 0 radical (unpaired) electrons. The lowest BCUT2D eigenvalue weighted by atomic mass is 10.1. The molecule has 5 heterocycles. The van der Waals surface area contributed by atoms with E-state index in [-0.39, 0.29) is 41.1 Å². The number of nitrogens with one attached hydrogen (secondary N) is 2. The SMILES string of the molecule is [C-]#[N+]CCOP(=O)(OC[C@H]1C[C@@H](n2cnc3c(=O)[nH]cnc32)[C@H](O[P+](=O)O)[C@@H]1F)O[C@H]1[C@@H](F)[C@H](n2cnc3c(NC(=O)c4ccccc4)ncnc32)O[C@@H]1CO. The van der Waals surface area contributed by atoms with Crippen molar-refractivity contribution in [2.75, 3.05) is 31.7 Å². The zero-order valence-corrected chi connectivity index (χ0v) is 30.4. The Hall–Kier alpha value is -5.01. The molecule has 25 heteroatoms. The Morgan fingerprint density at radius 3 is 2.57 bits per heavy atom. The minimum Gasteiger partial charge on any atom is -0.394 e. The molecule has 1 amide bonds. The van der Waals surface area contributed by atoms with Crippen LogP contribution in [0.4, 0.5) is 14.6 Å². The van der Waals surface area contributed by atoms with E-state index >= 15 is 8.78 Å². The summed E-state index contributed by atoms with van der Waals surface area (Å²) in [6.45, 7) is 4.68. The van der Waals surface area contributed by atoms with Crippen molar-refractivity contribution in [2.45, 2.75) is 49.3 Å². The number of imidazole rings is 2. The van der Waals surface area contributed by atoms with Crippen molar-refractivity contribution < 1.29 is 55.5 Å². The lowest BCUT2D eigenvalue weighted by Gasteiger charge is -2.25. The van der Waals surface area contributed by atoms with Gasteiger partial charge in [0, 0.05) is 16.0 Å². The molecule has 294 valence electrons. The number of rotatable bonds is 15. The Morgan fingerprint density at radius 2 is 1.82 bits per heavy atom. The average Bonchev–Trinajstić information content (AvgIpc) is 3.96. The summed E-state index contributed by atoms with van der Waals surface area (Å²) in [5.41, 5.74) is -0.188. The van der Waals surface area contributed by atoms with E-state index in [1.807, 2.05) is 0 Å². The van der Waals surface area contributed by atoms with E-state index in [2.05, 4.69) is 40.1 Å². The number of hydrogen-bond acceptors (Lipinski definition) is 15. The van der Waals surface area contributed by atoms with Gasteiger partial charge in [0.2, 0.25) is 6.54 Å². The fourth-order valence-electron chi connectivity index (χ4n) is 6.55. The van der Waals surface area contributed by atoms with Crippen molar-refractivity contribution >= 4 is 50.1 Å². The lowest BCUT2D eigenvalue weighted by Crippen LogP contribution is -2.34. The number of hydrogen-bond donors (Lipinski definition) is 4. The molecule has 7 rings (SSSR count). The van der Waals surface area contributed by atoms with Crippen LogP contribution in [0.1, 0.15) is 29.0 Å².